The normalized spacial score (nSPS) is 11.0. The molecule has 3 aromatic rings. The van der Waals surface area contributed by atoms with E-state index in [0.29, 0.717) is 6.54 Å². The molecule has 1 heterocycles. The Morgan fingerprint density at radius 2 is 2.09 bits per heavy atom. The van der Waals surface area contributed by atoms with Gasteiger partial charge in [-0.05, 0) is 29.3 Å². The molecule has 5 nitrogen and oxygen atoms in total. The van der Waals surface area contributed by atoms with E-state index < -0.39 is 0 Å². The van der Waals surface area contributed by atoms with Crippen molar-refractivity contribution in [1.29, 1.82) is 0 Å². The predicted molar refractivity (Wildman–Crippen MR) is 90.0 cm³/mol. The molecule has 1 amide bonds. The Balaban J connectivity index is 1.60. The van der Waals surface area contributed by atoms with Crippen LogP contribution in [0.4, 0.5) is 0 Å². The maximum atomic E-state index is 11.9. The van der Waals surface area contributed by atoms with Crippen LogP contribution in [-0.2, 0) is 11.3 Å². The van der Waals surface area contributed by atoms with Gasteiger partial charge in [-0.15, -0.1) is 0 Å². The van der Waals surface area contributed by atoms with E-state index in [1.165, 1.54) is 6.08 Å². The van der Waals surface area contributed by atoms with Crippen molar-refractivity contribution >= 4 is 22.9 Å². The predicted octanol–water partition coefficient (Wildman–Crippen LogP) is 2.90. The summed E-state index contributed by atoms with van der Waals surface area (Å²) >= 11 is 0. The van der Waals surface area contributed by atoms with Crippen LogP contribution in [0.3, 0.4) is 0 Å². The van der Waals surface area contributed by atoms with E-state index in [2.05, 4.69) is 15.5 Å². The average molecular weight is 307 g/mol. The SMILES string of the molecule is COc1ccc(/C=C/C(=O)NCc2cccc3cn[nH]c23)cc1. The first-order valence-electron chi connectivity index (χ1n) is 7.27. The highest BCUT2D eigenvalue weighted by atomic mass is 16.5. The van der Waals surface area contributed by atoms with Gasteiger partial charge in [0.25, 0.3) is 0 Å². The van der Waals surface area contributed by atoms with Crippen LogP contribution in [0.25, 0.3) is 17.0 Å². The van der Waals surface area contributed by atoms with Crippen LogP contribution < -0.4 is 10.1 Å². The van der Waals surface area contributed by atoms with Crippen LogP contribution in [0, 0.1) is 0 Å². The van der Waals surface area contributed by atoms with Gasteiger partial charge in [0, 0.05) is 18.0 Å². The van der Waals surface area contributed by atoms with Gasteiger partial charge in [0.1, 0.15) is 5.75 Å². The van der Waals surface area contributed by atoms with E-state index in [1.807, 2.05) is 42.5 Å². The summed E-state index contributed by atoms with van der Waals surface area (Å²) in [7, 11) is 1.62. The monoisotopic (exact) mass is 307 g/mol. The van der Waals surface area contributed by atoms with E-state index >= 15 is 0 Å². The van der Waals surface area contributed by atoms with Gasteiger partial charge in [0.15, 0.2) is 0 Å². The molecule has 0 aliphatic carbocycles. The van der Waals surface area contributed by atoms with Crippen molar-refractivity contribution in [3.8, 4) is 5.75 Å². The Morgan fingerprint density at radius 3 is 2.87 bits per heavy atom. The number of rotatable bonds is 5. The minimum absolute atomic E-state index is 0.141. The second-order valence-corrected chi connectivity index (χ2v) is 5.08. The third kappa shape index (κ3) is 3.58. The Bertz CT molecular complexity index is 835. The number of hydrogen-bond donors (Lipinski definition) is 2. The topological polar surface area (TPSA) is 67.0 Å². The molecule has 0 unspecified atom stereocenters. The number of amides is 1. The molecule has 116 valence electrons. The molecule has 0 spiro atoms. The lowest BCUT2D eigenvalue weighted by molar-refractivity contribution is -0.116. The molecule has 3 rings (SSSR count). The summed E-state index contributed by atoms with van der Waals surface area (Å²) in [5.74, 6) is 0.650. The van der Waals surface area contributed by atoms with Crippen LogP contribution >= 0.6 is 0 Å². The van der Waals surface area contributed by atoms with Gasteiger partial charge in [-0.3, -0.25) is 9.89 Å². The minimum atomic E-state index is -0.141. The fraction of sp³-hybridized carbons (Fsp3) is 0.111. The average Bonchev–Trinajstić information content (AvgIpc) is 3.07. The van der Waals surface area contributed by atoms with Gasteiger partial charge in [0.2, 0.25) is 5.91 Å². The highest BCUT2D eigenvalue weighted by Crippen LogP contribution is 2.15. The third-order valence-corrected chi connectivity index (χ3v) is 3.56. The lowest BCUT2D eigenvalue weighted by Crippen LogP contribution is -2.20. The molecular formula is C18H17N3O2. The summed E-state index contributed by atoms with van der Waals surface area (Å²) in [5, 5.41) is 10.9. The lowest BCUT2D eigenvalue weighted by Gasteiger charge is -2.04. The van der Waals surface area contributed by atoms with Crippen molar-refractivity contribution in [2.24, 2.45) is 0 Å². The molecule has 1 aromatic heterocycles. The van der Waals surface area contributed by atoms with Crippen LogP contribution in [0.1, 0.15) is 11.1 Å². The number of methoxy groups -OCH3 is 1. The highest BCUT2D eigenvalue weighted by molar-refractivity contribution is 5.92. The van der Waals surface area contributed by atoms with Crippen LogP contribution in [-0.4, -0.2) is 23.2 Å². The van der Waals surface area contributed by atoms with Gasteiger partial charge >= 0.3 is 0 Å². The molecule has 0 aliphatic rings. The number of hydrogen-bond acceptors (Lipinski definition) is 3. The number of nitrogens with zero attached hydrogens (tertiary/aromatic N) is 1. The fourth-order valence-electron chi connectivity index (χ4n) is 2.31. The molecule has 0 saturated heterocycles. The van der Waals surface area contributed by atoms with E-state index in [0.717, 1.165) is 27.8 Å². The zero-order chi connectivity index (χ0) is 16.1. The van der Waals surface area contributed by atoms with E-state index in [1.54, 1.807) is 19.4 Å². The standard InChI is InChI=1S/C18H17N3O2/c1-23-16-8-5-13(6-9-16)7-10-17(22)19-11-14-3-2-4-15-12-20-21-18(14)15/h2-10,12H,11H2,1H3,(H,19,22)(H,20,21)/b10-7+. The van der Waals surface area contributed by atoms with Crippen LogP contribution in [0.2, 0.25) is 0 Å². The Labute approximate surface area is 134 Å². The van der Waals surface area contributed by atoms with E-state index in [9.17, 15) is 4.79 Å². The van der Waals surface area contributed by atoms with Crippen molar-refractivity contribution < 1.29 is 9.53 Å². The lowest BCUT2D eigenvalue weighted by atomic mass is 10.1. The number of carbonyl (C=O) groups is 1. The zero-order valence-electron chi connectivity index (χ0n) is 12.7. The van der Waals surface area contributed by atoms with Gasteiger partial charge in [0.05, 0.1) is 18.8 Å². The second kappa shape index (κ2) is 6.79. The smallest absolute Gasteiger partial charge is 0.244 e. The van der Waals surface area contributed by atoms with Gasteiger partial charge in [-0.2, -0.15) is 5.10 Å². The van der Waals surface area contributed by atoms with Crippen molar-refractivity contribution in [3.63, 3.8) is 0 Å². The number of aromatic amines is 1. The Kier molecular flexibility index (Phi) is 4.38. The van der Waals surface area contributed by atoms with Crippen molar-refractivity contribution in [1.82, 2.24) is 15.5 Å². The van der Waals surface area contributed by atoms with E-state index in [-0.39, 0.29) is 5.91 Å². The van der Waals surface area contributed by atoms with Crippen molar-refractivity contribution in [2.45, 2.75) is 6.54 Å². The number of ether oxygens (including phenoxy) is 1. The van der Waals surface area contributed by atoms with Gasteiger partial charge in [-0.1, -0.05) is 30.3 Å². The molecule has 0 aliphatic heterocycles. The molecule has 0 fully saturated rings. The maximum absolute atomic E-state index is 11.9. The van der Waals surface area contributed by atoms with Crippen molar-refractivity contribution in [3.05, 3.63) is 65.9 Å². The zero-order valence-corrected chi connectivity index (χ0v) is 12.7. The summed E-state index contributed by atoms with van der Waals surface area (Å²) in [6.45, 7) is 0.450. The number of carbonyl (C=O) groups excluding carboxylic acids is 1. The molecule has 5 heteroatoms. The molecule has 2 aromatic carbocycles. The first kappa shape index (κ1) is 14.8. The number of benzene rings is 2. The van der Waals surface area contributed by atoms with Crippen LogP contribution in [0.5, 0.6) is 5.75 Å². The quantitative estimate of drug-likeness (QED) is 0.712. The first-order chi connectivity index (χ1) is 11.3. The second-order valence-electron chi connectivity index (χ2n) is 5.08. The summed E-state index contributed by atoms with van der Waals surface area (Å²) < 4.78 is 5.10. The number of fused-ring (bicyclic) bond motifs is 1. The summed E-state index contributed by atoms with van der Waals surface area (Å²) in [5.41, 5.74) is 2.90. The number of aromatic nitrogens is 2. The third-order valence-electron chi connectivity index (χ3n) is 3.56. The largest absolute Gasteiger partial charge is 0.497 e. The fourth-order valence-corrected chi connectivity index (χ4v) is 2.31. The minimum Gasteiger partial charge on any atom is -0.497 e. The first-order valence-corrected chi connectivity index (χ1v) is 7.27. The van der Waals surface area contributed by atoms with Gasteiger partial charge < -0.3 is 10.1 Å². The molecule has 23 heavy (non-hydrogen) atoms. The van der Waals surface area contributed by atoms with Crippen molar-refractivity contribution in [2.75, 3.05) is 7.11 Å². The number of nitrogens with one attached hydrogen (secondary N) is 2. The molecule has 0 bridgehead atoms. The Morgan fingerprint density at radius 1 is 1.26 bits per heavy atom. The van der Waals surface area contributed by atoms with E-state index in [4.69, 9.17) is 4.74 Å². The molecule has 0 saturated carbocycles. The number of para-hydroxylation sites is 1. The molecule has 0 atom stereocenters. The molecule has 2 N–H and O–H groups in total. The summed E-state index contributed by atoms with van der Waals surface area (Å²) in [6.07, 6.45) is 5.06. The Hall–Kier alpha value is -3.08. The molecular weight excluding hydrogens is 290 g/mol. The maximum Gasteiger partial charge on any atom is 0.244 e. The summed E-state index contributed by atoms with van der Waals surface area (Å²) in [4.78, 5) is 11.9. The highest BCUT2D eigenvalue weighted by Gasteiger charge is 2.03. The summed E-state index contributed by atoms with van der Waals surface area (Å²) in [6, 6.07) is 13.4. The van der Waals surface area contributed by atoms with Gasteiger partial charge in [-0.25, -0.2) is 0 Å². The molecule has 0 radical (unpaired) electrons. The number of H-pyrrole nitrogens is 1. The van der Waals surface area contributed by atoms with Crippen LogP contribution in [0.15, 0.2) is 54.7 Å².